The second-order valence-electron chi connectivity index (χ2n) is 16.2. The van der Waals surface area contributed by atoms with Gasteiger partial charge in [0.2, 0.25) is 5.91 Å². The Balaban J connectivity index is 3.53. The number of unbranched alkanes of at least 4 members (excludes halogenated alkanes) is 34. The third kappa shape index (κ3) is 40.1. The van der Waals surface area contributed by atoms with Gasteiger partial charge in [0.05, 0.1) is 18.8 Å². The molecule has 0 fully saturated rings. The third-order valence-corrected chi connectivity index (χ3v) is 10.9. The lowest BCUT2D eigenvalue weighted by Crippen LogP contribution is -2.45. The zero-order valence-electron chi connectivity index (χ0n) is 35.3. The number of carbonyl (C=O) groups excluding carboxylic acids is 1. The molecule has 0 saturated heterocycles. The van der Waals surface area contributed by atoms with E-state index in [9.17, 15) is 15.0 Å². The second-order valence-corrected chi connectivity index (χ2v) is 16.2. The summed E-state index contributed by atoms with van der Waals surface area (Å²) in [7, 11) is 0. The highest BCUT2D eigenvalue weighted by Crippen LogP contribution is 2.16. The fourth-order valence-electron chi connectivity index (χ4n) is 7.29. The van der Waals surface area contributed by atoms with Gasteiger partial charge in [-0.15, -0.1) is 0 Å². The average molecular weight is 732 g/mol. The minimum absolute atomic E-state index is 0.0636. The van der Waals surface area contributed by atoms with Crippen LogP contribution in [0.1, 0.15) is 258 Å². The lowest BCUT2D eigenvalue weighted by Gasteiger charge is -2.20. The maximum absolute atomic E-state index is 12.4. The Morgan fingerprint density at radius 1 is 0.442 bits per heavy atom. The number of hydrogen-bond donors (Lipinski definition) is 3. The molecule has 0 aliphatic carbocycles. The molecule has 0 aromatic rings. The first-order valence-electron chi connectivity index (χ1n) is 23.6. The Morgan fingerprint density at radius 2 is 0.731 bits per heavy atom. The molecule has 1 amide bonds. The summed E-state index contributed by atoms with van der Waals surface area (Å²) in [6.45, 7) is 4.32. The van der Waals surface area contributed by atoms with Gasteiger partial charge in [-0.3, -0.25) is 4.79 Å². The summed E-state index contributed by atoms with van der Waals surface area (Å²) in [5.74, 6) is -0.0636. The largest absolute Gasteiger partial charge is 0.394 e. The highest BCUT2D eigenvalue weighted by atomic mass is 16.3. The van der Waals surface area contributed by atoms with Crippen molar-refractivity contribution in [3.8, 4) is 0 Å². The van der Waals surface area contributed by atoms with Crippen molar-refractivity contribution in [2.45, 2.75) is 270 Å². The van der Waals surface area contributed by atoms with E-state index in [2.05, 4.69) is 31.3 Å². The molecule has 308 valence electrons. The van der Waals surface area contributed by atoms with E-state index in [1.807, 2.05) is 6.08 Å². The van der Waals surface area contributed by atoms with Gasteiger partial charge in [0.25, 0.3) is 0 Å². The van der Waals surface area contributed by atoms with Gasteiger partial charge in [0.15, 0.2) is 0 Å². The summed E-state index contributed by atoms with van der Waals surface area (Å²) in [6.07, 6.45) is 57.2. The lowest BCUT2D eigenvalue weighted by atomic mass is 10.0. The fourth-order valence-corrected chi connectivity index (χ4v) is 7.29. The van der Waals surface area contributed by atoms with Crippen LogP contribution < -0.4 is 5.32 Å². The van der Waals surface area contributed by atoms with Crippen LogP contribution >= 0.6 is 0 Å². The smallest absolute Gasteiger partial charge is 0.220 e. The van der Waals surface area contributed by atoms with Gasteiger partial charge in [-0.1, -0.05) is 231 Å². The van der Waals surface area contributed by atoms with Crippen molar-refractivity contribution in [1.29, 1.82) is 0 Å². The number of aliphatic hydroxyl groups excluding tert-OH is 2. The Bertz CT molecular complexity index is 750. The van der Waals surface area contributed by atoms with Gasteiger partial charge in [-0.2, -0.15) is 0 Å². The van der Waals surface area contributed by atoms with Crippen LogP contribution in [0, 0.1) is 0 Å². The highest BCUT2D eigenvalue weighted by molar-refractivity contribution is 5.76. The SMILES string of the molecule is CCCCCCCC/C=C\CCCCCCCCCCCC(=O)NC(CO)C(O)/C=C/CCCCCCCCCCCCCCCCCCCCC. The van der Waals surface area contributed by atoms with Crippen molar-refractivity contribution >= 4 is 5.91 Å². The van der Waals surface area contributed by atoms with Gasteiger partial charge in [0, 0.05) is 6.42 Å². The molecule has 52 heavy (non-hydrogen) atoms. The van der Waals surface area contributed by atoms with Gasteiger partial charge >= 0.3 is 0 Å². The van der Waals surface area contributed by atoms with Crippen molar-refractivity contribution in [2.24, 2.45) is 0 Å². The molecule has 2 atom stereocenters. The summed E-state index contributed by atoms with van der Waals surface area (Å²) in [4.78, 5) is 12.4. The van der Waals surface area contributed by atoms with Crippen LogP contribution in [0.5, 0.6) is 0 Å². The predicted molar refractivity (Wildman–Crippen MR) is 230 cm³/mol. The molecule has 3 N–H and O–H groups in total. The highest BCUT2D eigenvalue weighted by Gasteiger charge is 2.17. The summed E-state index contributed by atoms with van der Waals surface area (Å²) in [6, 6.07) is -0.621. The first-order valence-corrected chi connectivity index (χ1v) is 23.6. The maximum atomic E-state index is 12.4. The molecule has 4 heteroatoms. The van der Waals surface area contributed by atoms with E-state index >= 15 is 0 Å². The molecule has 0 bridgehead atoms. The minimum Gasteiger partial charge on any atom is -0.394 e. The molecular weight excluding hydrogens is 639 g/mol. The molecule has 0 spiro atoms. The van der Waals surface area contributed by atoms with E-state index in [4.69, 9.17) is 0 Å². The molecule has 0 heterocycles. The molecule has 0 aromatic heterocycles. The molecule has 0 aliphatic rings. The molecule has 0 saturated carbocycles. The Kier molecular flexibility index (Phi) is 43.3. The Morgan fingerprint density at radius 3 is 1.06 bits per heavy atom. The second kappa shape index (κ2) is 44.3. The monoisotopic (exact) mass is 732 g/mol. The molecule has 0 aromatic carbocycles. The Hall–Kier alpha value is -1.13. The fraction of sp³-hybridized carbons (Fsp3) is 0.896. The summed E-state index contributed by atoms with van der Waals surface area (Å²) in [5.41, 5.74) is 0. The van der Waals surface area contributed by atoms with E-state index in [0.717, 1.165) is 25.7 Å². The number of aliphatic hydroxyl groups is 2. The number of rotatable bonds is 43. The number of nitrogens with one attached hydrogen (secondary N) is 1. The van der Waals surface area contributed by atoms with Gasteiger partial charge in [-0.25, -0.2) is 0 Å². The summed E-state index contributed by atoms with van der Waals surface area (Å²) in [5, 5.41) is 23.1. The van der Waals surface area contributed by atoms with Crippen LogP contribution in [0.15, 0.2) is 24.3 Å². The van der Waals surface area contributed by atoms with Crippen molar-refractivity contribution in [1.82, 2.24) is 5.32 Å². The van der Waals surface area contributed by atoms with E-state index in [0.29, 0.717) is 6.42 Å². The lowest BCUT2D eigenvalue weighted by molar-refractivity contribution is -0.123. The van der Waals surface area contributed by atoms with Crippen LogP contribution in [-0.2, 0) is 4.79 Å². The number of hydrogen-bond acceptors (Lipinski definition) is 3. The standard InChI is InChI=1S/C48H93NO3/c1-3-5-7-9-11-13-15-17-19-21-23-24-26-27-29-31-33-35-37-39-41-43-47(51)46(45-50)49-48(52)44-42-40-38-36-34-32-30-28-25-22-20-18-16-14-12-10-8-6-4-2/h18,20,41,43,46-47,50-51H,3-17,19,21-40,42,44-45H2,1-2H3,(H,49,52)/b20-18-,43-41+. The molecule has 4 nitrogen and oxygen atoms in total. The van der Waals surface area contributed by atoms with Crippen LogP contribution in [0.2, 0.25) is 0 Å². The number of carbonyl (C=O) groups is 1. The molecule has 0 radical (unpaired) electrons. The summed E-state index contributed by atoms with van der Waals surface area (Å²) < 4.78 is 0. The van der Waals surface area contributed by atoms with E-state index in [-0.39, 0.29) is 12.5 Å². The van der Waals surface area contributed by atoms with E-state index < -0.39 is 12.1 Å². The van der Waals surface area contributed by atoms with Gasteiger partial charge in [0.1, 0.15) is 0 Å². The van der Waals surface area contributed by atoms with Crippen molar-refractivity contribution in [3.63, 3.8) is 0 Å². The Labute approximate surface area is 326 Å². The normalized spacial score (nSPS) is 13.1. The van der Waals surface area contributed by atoms with Crippen molar-refractivity contribution in [3.05, 3.63) is 24.3 Å². The molecular formula is C48H93NO3. The van der Waals surface area contributed by atoms with E-state index in [1.54, 1.807) is 6.08 Å². The number of amides is 1. The zero-order valence-corrected chi connectivity index (χ0v) is 35.3. The summed E-state index contributed by atoms with van der Waals surface area (Å²) >= 11 is 0. The first-order chi connectivity index (χ1) is 25.7. The van der Waals surface area contributed by atoms with Gasteiger partial charge < -0.3 is 15.5 Å². The topological polar surface area (TPSA) is 69.6 Å². The quantitative estimate of drug-likeness (QED) is 0.0432. The molecule has 0 aliphatic heterocycles. The maximum Gasteiger partial charge on any atom is 0.220 e. The zero-order chi connectivity index (χ0) is 37.8. The van der Waals surface area contributed by atoms with Crippen molar-refractivity contribution < 1.29 is 15.0 Å². The first kappa shape index (κ1) is 50.9. The third-order valence-electron chi connectivity index (χ3n) is 10.9. The van der Waals surface area contributed by atoms with Crippen LogP contribution in [0.4, 0.5) is 0 Å². The minimum atomic E-state index is -0.838. The van der Waals surface area contributed by atoms with Gasteiger partial charge in [-0.05, 0) is 44.9 Å². The molecule has 2 unspecified atom stereocenters. The number of allylic oxidation sites excluding steroid dienone is 3. The molecule has 0 rings (SSSR count). The van der Waals surface area contributed by atoms with Crippen LogP contribution in [0.3, 0.4) is 0 Å². The average Bonchev–Trinajstić information content (AvgIpc) is 3.15. The van der Waals surface area contributed by atoms with E-state index in [1.165, 1.54) is 212 Å². The predicted octanol–water partition coefficient (Wildman–Crippen LogP) is 14.8. The van der Waals surface area contributed by atoms with Crippen LogP contribution in [0.25, 0.3) is 0 Å². The van der Waals surface area contributed by atoms with Crippen LogP contribution in [-0.4, -0.2) is 34.9 Å². The van der Waals surface area contributed by atoms with Crippen molar-refractivity contribution in [2.75, 3.05) is 6.61 Å².